The largest absolute Gasteiger partial charge is 0.396 e. The van der Waals surface area contributed by atoms with Gasteiger partial charge in [-0.1, -0.05) is 42.5 Å². The third kappa shape index (κ3) is 2.87. The molecule has 3 heteroatoms. The predicted octanol–water partition coefficient (Wildman–Crippen LogP) is 4.38. The van der Waals surface area contributed by atoms with E-state index in [9.17, 15) is 0 Å². The van der Waals surface area contributed by atoms with Gasteiger partial charge in [-0.3, -0.25) is 0 Å². The summed E-state index contributed by atoms with van der Waals surface area (Å²) in [5, 5.41) is 3.26. The van der Waals surface area contributed by atoms with E-state index in [4.69, 9.17) is 5.73 Å². The second kappa shape index (κ2) is 5.67. The SMILES string of the molecule is Cc1ccnc(Nc2ccc(-c3ccccc3)cc2)c1N. The molecule has 3 N–H and O–H groups in total. The van der Waals surface area contributed by atoms with Crippen LogP contribution in [-0.4, -0.2) is 4.98 Å². The molecule has 104 valence electrons. The van der Waals surface area contributed by atoms with Gasteiger partial charge in [0.25, 0.3) is 0 Å². The highest BCUT2D eigenvalue weighted by Crippen LogP contribution is 2.25. The average Bonchev–Trinajstić information content (AvgIpc) is 2.53. The molecule has 0 aliphatic carbocycles. The maximum Gasteiger partial charge on any atom is 0.153 e. The molecule has 0 aliphatic heterocycles. The number of nitrogens with zero attached hydrogens (tertiary/aromatic N) is 1. The summed E-state index contributed by atoms with van der Waals surface area (Å²) in [5.74, 6) is 0.697. The average molecular weight is 275 g/mol. The number of hydrogen-bond donors (Lipinski definition) is 2. The van der Waals surface area contributed by atoms with Crippen molar-refractivity contribution in [2.24, 2.45) is 0 Å². The van der Waals surface area contributed by atoms with Crippen molar-refractivity contribution in [3.63, 3.8) is 0 Å². The van der Waals surface area contributed by atoms with E-state index in [2.05, 4.69) is 34.6 Å². The number of anilines is 3. The lowest BCUT2D eigenvalue weighted by molar-refractivity contribution is 1.28. The van der Waals surface area contributed by atoms with Crippen molar-refractivity contribution in [3.05, 3.63) is 72.4 Å². The number of aryl methyl sites for hydroxylation is 1. The number of benzene rings is 2. The summed E-state index contributed by atoms with van der Waals surface area (Å²) in [7, 11) is 0. The molecule has 0 unspecified atom stereocenters. The summed E-state index contributed by atoms with van der Waals surface area (Å²) in [4.78, 5) is 4.28. The van der Waals surface area contributed by atoms with E-state index >= 15 is 0 Å². The van der Waals surface area contributed by atoms with Crippen LogP contribution in [0.3, 0.4) is 0 Å². The Kier molecular flexibility index (Phi) is 3.56. The Morgan fingerprint density at radius 3 is 2.24 bits per heavy atom. The maximum atomic E-state index is 6.03. The minimum atomic E-state index is 0.685. The first-order valence-corrected chi connectivity index (χ1v) is 6.87. The molecule has 0 saturated carbocycles. The van der Waals surface area contributed by atoms with E-state index in [1.54, 1.807) is 6.20 Å². The van der Waals surface area contributed by atoms with Gasteiger partial charge in [-0.15, -0.1) is 0 Å². The van der Waals surface area contributed by atoms with Gasteiger partial charge in [0.05, 0.1) is 5.69 Å². The zero-order valence-electron chi connectivity index (χ0n) is 11.9. The fraction of sp³-hybridized carbons (Fsp3) is 0.0556. The molecule has 0 amide bonds. The van der Waals surface area contributed by atoms with Crippen molar-refractivity contribution in [2.75, 3.05) is 11.1 Å². The van der Waals surface area contributed by atoms with E-state index in [1.807, 2.05) is 43.3 Å². The van der Waals surface area contributed by atoms with E-state index in [0.29, 0.717) is 11.5 Å². The van der Waals surface area contributed by atoms with Crippen molar-refractivity contribution in [1.82, 2.24) is 4.98 Å². The van der Waals surface area contributed by atoms with Crippen LogP contribution in [0.2, 0.25) is 0 Å². The van der Waals surface area contributed by atoms with Crippen LogP contribution in [0.15, 0.2) is 66.9 Å². The summed E-state index contributed by atoms with van der Waals surface area (Å²) < 4.78 is 0. The summed E-state index contributed by atoms with van der Waals surface area (Å²) in [6.45, 7) is 1.97. The first kappa shape index (κ1) is 13.2. The van der Waals surface area contributed by atoms with E-state index < -0.39 is 0 Å². The number of rotatable bonds is 3. The molecule has 21 heavy (non-hydrogen) atoms. The second-order valence-corrected chi connectivity index (χ2v) is 4.96. The molecular weight excluding hydrogens is 258 g/mol. The van der Waals surface area contributed by atoms with Crippen LogP contribution in [0.5, 0.6) is 0 Å². The number of hydrogen-bond acceptors (Lipinski definition) is 3. The molecule has 0 bridgehead atoms. The van der Waals surface area contributed by atoms with Gasteiger partial charge in [0.1, 0.15) is 0 Å². The molecule has 3 aromatic rings. The van der Waals surface area contributed by atoms with Gasteiger partial charge in [-0.05, 0) is 41.8 Å². The van der Waals surface area contributed by atoms with E-state index in [-0.39, 0.29) is 0 Å². The minimum absolute atomic E-state index is 0.685. The van der Waals surface area contributed by atoms with E-state index in [1.165, 1.54) is 11.1 Å². The van der Waals surface area contributed by atoms with Crippen molar-refractivity contribution >= 4 is 17.2 Å². The van der Waals surface area contributed by atoms with Gasteiger partial charge >= 0.3 is 0 Å². The molecule has 1 heterocycles. The molecule has 0 saturated heterocycles. The molecule has 3 rings (SSSR count). The second-order valence-electron chi connectivity index (χ2n) is 4.96. The Morgan fingerprint density at radius 1 is 0.857 bits per heavy atom. The van der Waals surface area contributed by atoms with Crippen LogP contribution >= 0.6 is 0 Å². The quantitative estimate of drug-likeness (QED) is 0.745. The number of pyridine rings is 1. The van der Waals surface area contributed by atoms with Crippen LogP contribution in [0, 0.1) is 6.92 Å². The van der Waals surface area contributed by atoms with E-state index in [0.717, 1.165) is 11.3 Å². The lowest BCUT2D eigenvalue weighted by Crippen LogP contribution is -2.00. The first-order valence-electron chi connectivity index (χ1n) is 6.87. The van der Waals surface area contributed by atoms with Crippen molar-refractivity contribution in [3.8, 4) is 11.1 Å². The number of nitrogen functional groups attached to an aromatic ring is 1. The third-order valence-corrected chi connectivity index (χ3v) is 3.46. The van der Waals surface area contributed by atoms with Crippen LogP contribution in [-0.2, 0) is 0 Å². The zero-order valence-corrected chi connectivity index (χ0v) is 11.9. The standard InChI is InChI=1S/C18H17N3/c1-13-11-12-20-18(17(13)19)21-16-9-7-15(8-10-16)14-5-3-2-4-6-14/h2-12H,19H2,1H3,(H,20,21). The molecule has 1 aromatic heterocycles. The zero-order chi connectivity index (χ0) is 14.7. The molecule has 2 aromatic carbocycles. The highest BCUT2D eigenvalue weighted by molar-refractivity contribution is 5.73. The number of nitrogens with one attached hydrogen (secondary N) is 1. The molecule has 0 atom stereocenters. The Morgan fingerprint density at radius 2 is 1.52 bits per heavy atom. The van der Waals surface area contributed by atoms with Crippen LogP contribution in [0.25, 0.3) is 11.1 Å². The predicted molar refractivity (Wildman–Crippen MR) is 88.5 cm³/mol. The fourth-order valence-electron chi connectivity index (χ4n) is 2.18. The molecular formula is C18H17N3. The number of nitrogens with two attached hydrogens (primary N) is 1. The van der Waals surface area contributed by atoms with Crippen molar-refractivity contribution in [1.29, 1.82) is 0 Å². The van der Waals surface area contributed by atoms with Crippen LogP contribution < -0.4 is 11.1 Å². The maximum absolute atomic E-state index is 6.03. The Balaban J connectivity index is 1.83. The highest BCUT2D eigenvalue weighted by atomic mass is 15.0. The first-order chi connectivity index (χ1) is 10.2. The molecule has 0 spiro atoms. The van der Waals surface area contributed by atoms with Gasteiger partial charge in [0.2, 0.25) is 0 Å². The number of aromatic nitrogens is 1. The van der Waals surface area contributed by atoms with Crippen LogP contribution in [0.4, 0.5) is 17.2 Å². The summed E-state index contributed by atoms with van der Waals surface area (Å²) in [6, 6.07) is 20.4. The monoisotopic (exact) mass is 275 g/mol. The normalized spacial score (nSPS) is 10.3. The smallest absolute Gasteiger partial charge is 0.153 e. The van der Waals surface area contributed by atoms with Gasteiger partial charge in [0.15, 0.2) is 5.82 Å². The molecule has 3 nitrogen and oxygen atoms in total. The lowest BCUT2D eigenvalue weighted by Gasteiger charge is -2.10. The minimum Gasteiger partial charge on any atom is -0.396 e. The van der Waals surface area contributed by atoms with Gasteiger partial charge in [-0.25, -0.2) is 4.98 Å². The van der Waals surface area contributed by atoms with Crippen molar-refractivity contribution in [2.45, 2.75) is 6.92 Å². The fourth-order valence-corrected chi connectivity index (χ4v) is 2.18. The Hall–Kier alpha value is -2.81. The Labute approximate surface area is 124 Å². The van der Waals surface area contributed by atoms with Gasteiger partial charge < -0.3 is 11.1 Å². The van der Waals surface area contributed by atoms with Crippen molar-refractivity contribution < 1.29 is 0 Å². The highest BCUT2D eigenvalue weighted by Gasteiger charge is 2.04. The molecule has 0 radical (unpaired) electrons. The topological polar surface area (TPSA) is 50.9 Å². The summed E-state index contributed by atoms with van der Waals surface area (Å²) in [6.07, 6.45) is 1.76. The van der Waals surface area contributed by atoms with Gasteiger partial charge in [0, 0.05) is 11.9 Å². The lowest BCUT2D eigenvalue weighted by atomic mass is 10.1. The third-order valence-electron chi connectivity index (χ3n) is 3.46. The van der Waals surface area contributed by atoms with Crippen LogP contribution in [0.1, 0.15) is 5.56 Å². The Bertz CT molecular complexity index is 734. The molecule has 0 aliphatic rings. The summed E-state index contributed by atoms with van der Waals surface area (Å²) in [5.41, 5.74) is 11.1. The van der Waals surface area contributed by atoms with Gasteiger partial charge in [-0.2, -0.15) is 0 Å². The molecule has 0 fully saturated rings. The summed E-state index contributed by atoms with van der Waals surface area (Å²) >= 11 is 0.